The molecule has 1 N–H and O–H groups in total. The summed E-state index contributed by atoms with van der Waals surface area (Å²) in [6.45, 7) is 1.60. The fourth-order valence-corrected chi connectivity index (χ4v) is 1.94. The number of hydrogen-bond donors (Lipinski definition) is 1. The van der Waals surface area contributed by atoms with Crippen molar-refractivity contribution in [2.45, 2.75) is 25.3 Å². The number of rotatable bonds is 3. The second-order valence-corrected chi connectivity index (χ2v) is 3.74. The Bertz CT molecular complexity index is 262. The summed E-state index contributed by atoms with van der Waals surface area (Å²) >= 11 is 0. The van der Waals surface area contributed by atoms with Crippen molar-refractivity contribution in [1.29, 1.82) is 0 Å². The summed E-state index contributed by atoms with van der Waals surface area (Å²) in [7, 11) is 0. The molecule has 4 heteroatoms. The quantitative estimate of drug-likeness (QED) is 0.646. The fraction of sp³-hybridized carbons (Fsp3) is 0.600. The van der Waals surface area contributed by atoms with E-state index in [0.717, 1.165) is 19.4 Å². The van der Waals surface area contributed by atoms with Crippen LogP contribution in [0.25, 0.3) is 0 Å². The average Bonchev–Trinajstić information content (AvgIpc) is 2.76. The van der Waals surface area contributed by atoms with Crippen molar-refractivity contribution < 1.29 is 9.59 Å². The van der Waals surface area contributed by atoms with Crippen LogP contribution in [0.4, 0.5) is 0 Å². The topological polar surface area (TPSA) is 49.4 Å². The molecule has 1 atom stereocenters. The molecule has 0 aliphatic carbocycles. The first-order valence-corrected chi connectivity index (χ1v) is 5.04. The Kier molecular flexibility index (Phi) is 2.63. The molecule has 0 aromatic rings. The summed E-state index contributed by atoms with van der Waals surface area (Å²) in [5.74, 6) is -0.346. The molecule has 2 heterocycles. The van der Waals surface area contributed by atoms with E-state index in [-0.39, 0.29) is 11.8 Å². The van der Waals surface area contributed by atoms with Gasteiger partial charge in [-0.2, -0.15) is 0 Å². The molecule has 1 fully saturated rings. The molecule has 14 heavy (non-hydrogen) atoms. The normalized spacial score (nSPS) is 26.6. The molecule has 2 aliphatic heterocycles. The first kappa shape index (κ1) is 9.40. The Labute approximate surface area is 83.0 Å². The highest BCUT2D eigenvalue weighted by atomic mass is 16.2. The SMILES string of the molecule is O=C1C=CC(=O)N1CCC1CCCN1. The van der Waals surface area contributed by atoms with Gasteiger partial charge in [0.25, 0.3) is 11.8 Å². The molecular formula is C10H14N2O2. The van der Waals surface area contributed by atoms with Crippen LogP contribution in [0.1, 0.15) is 19.3 Å². The first-order chi connectivity index (χ1) is 6.77. The van der Waals surface area contributed by atoms with Gasteiger partial charge in [-0.3, -0.25) is 14.5 Å². The summed E-state index contributed by atoms with van der Waals surface area (Å²) in [6.07, 6.45) is 5.91. The lowest BCUT2D eigenvalue weighted by atomic mass is 10.1. The molecule has 0 bridgehead atoms. The number of amides is 2. The molecule has 76 valence electrons. The van der Waals surface area contributed by atoms with Gasteiger partial charge in [0.2, 0.25) is 0 Å². The molecule has 0 radical (unpaired) electrons. The van der Waals surface area contributed by atoms with Gasteiger partial charge in [0.05, 0.1) is 0 Å². The zero-order chi connectivity index (χ0) is 9.97. The number of hydrogen-bond acceptors (Lipinski definition) is 3. The van der Waals surface area contributed by atoms with Crippen molar-refractivity contribution in [3.8, 4) is 0 Å². The Morgan fingerprint density at radius 3 is 2.64 bits per heavy atom. The van der Waals surface area contributed by atoms with Gasteiger partial charge in [0, 0.05) is 24.7 Å². The Balaban J connectivity index is 1.80. The van der Waals surface area contributed by atoms with E-state index < -0.39 is 0 Å². The third kappa shape index (κ3) is 1.85. The van der Waals surface area contributed by atoms with E-state index in [1.807, 2.05) is 0 Å². The number of carbonyl (C=O) groups excluding carboxylic acids is 2. The minimum absolute atomic E-state index is 0.173. The second kappa shape index (κ2) is 3.92. The lowest BCUT2D eigenvalue weighted by Gasteiger charge is -2.16. The molecule has 4 nitrogen and oxygen atoms in total. The summed E-state index contributed by atoms with van der Waals surface area (Å²) in [5, 5.41) is 3.34. The van der Waals surface area contributed by atoms with E-state index in [1.54, 1.807) is 0 Å². The molecule has 0 saturated carbocycles. The van der Waals surface area contributed by atoms with Crippen LogP contribution in [0.2, 0.25) is 0 Å². The molecule has 2 rings (SSSR count). The van der Waals surface area contributed by atoms with Crippen LogP contribution < -0.4 is 5.32 Å². The zero-order valence-corrected chi connectivity index (χ0v) is 8.03. The largest absolute Gasteiger partial charge is 0.314 e. The molecule has 1 unspecified atom stereocenters. The van der Waals surface area contributed by atoms with Gasteiger partial charge in [-0.25, -0.2) is 0 Å². The third-order valence-electron chi connectivity index (χ3n) is 2.76. The van der Waals surface area contributed by atoms with Gasteiger partial charge in [-0.1, -0.05) is 0 Å². The summed E-state index contributed by atoms with van der Waals surface area (Å²) in [6, 6.07) is 0.483. The van der Waals surface area contributed by atoms with E-state index in [9.17, 15) is 9.59 Å². The summed E-state index contributed by atoms with van der Waals surface area (Å²) in [5.41, 5.74) is 0. The molecule has 0 aromatic heterocycles. The van der Waals surface area contributed by atoms with Gasteiger partial charge in [-0.05, 0) is 25.8 Å². The monoisotopic (exact) mass is 194 g/mol. The fourth-order valence-electron chi connectivity index (χ4n) is 1.94. The highest BCUT2D eigenvalue weighted by Gasteiger charge is 2.24. The van der Waals surface area contributed by atoms with Gasteiger partial charge in [0.1, 0.15) is 0 Å². The van der Waals surface area contributed by atoms with Gasteiger partial charge in [-0.15, -0.1) is 0 Å². The smallest absolute Gasteiger partial charge is 0.253 e. The maximum Gasteiger partial charge on any atom is 0.253 e. The average molecular weight is 194 g/mol. The Hall–Kier alpha value is -1.16. The maximum atomic E-state index is 11.2. The van der Waals surface area contributed by atoms with E-state index >= 15 is 0 Å². The minimum Gasteiger partial charge on any atom is -0.314 e. The van der Waals surface area contributed by atoms with E-state index in [1.165, 1.54) is 23.5 Å². The maximum absolute atomic E-state index is 11.2. The molecule has 0 spiro atoms. The molecule has 2 aliphatic rings. The van der Waals surface area contributed by atoms with Crippen LogP contribution in [0.3, 0.4) is 0 Å². The van der Waals surface area contributed by atoms with Crippen molar-refractivity contribution in [2.75, 3.05) is 13.1 Å². The highest BCUT2D eigenvalue weighted by molar-refractivity contribution is 6.12. The van der Waals surface area contributed by atoms with Crippen molar-refractivity contribution in [1.82, 2.24) is 10.2 Å². The third-order valence-corrected chi connectivity index (χ3v) is 2.76. The number of imide groups is 1. The van der Waals surface area contributed by atoms with Crippen LogP contribution in [0, 0.1) is 0 Å². The number of nitrogens with one attached hydrogen (secondary N) is 1. The number of carbonyl (C=O) groups is 2. The van der Waals surface area contributed by atoms with E-state index in [0.29, 0.717) is 12.6 Å². The van der Waals surface area contributed by atoms with E-state index in [2.05, 4.69) is 5.32 Å². The number of nitrogens with zero attached hydrogens (tertiary/aromatic N) is 1. The van der Waals surface area contributed by atoms with Gasteiger partial charge >= 0.3 is 0 Å². The Morgan fingerprint density at radius 2 is 2.07 bits per heavy atom. The first-order valence-electron chi connectivity index (χ1n) is 5.04. The minimum atomic E-state index is -0.173. The predicted molar refractivity (Wildman–Crippen MR) is 51.5 cm³/mol. The lowest BCUT2D eigenvalue weighted by Crippen LogP contribution is -2.34. The molecule has 2 amide bonds. The van der Waals surface area contributed by atoms with Crippen molar-refractivity contribution >= 4 is 11.8 Å². The van der Waals surface area contributed by atoms with Gasteiger partial charge in [0.15, 0.2) is 0 Å². The van der Waals surface area contributed by atoms with Crippen LogP contribution in [0.5, 0.6) is 0 Å². The highest BCUT2D eigenvalue weighted by Crippen LogP contribution is 2.11. The molecular weight excluding hydrogens is 180 g/mol. The van der Waals surface area contributed by atoms with Crippen LogP contribution in [-0.2, 0) is 9.59 Å². The van der Waals surface area contributed by atoms with Crippen LogP contribution >= 0.6 is 0 Å². The molecule has 1 saturated heterocycles. The lowest BCUT2D eigenvalue weighted by molar-refractivity contribution is -0.136. The standard InChI is InChI=1S/C10H14N2O2/c13-9-3-4-10(14)12(9)7-5-8-2-1-6-11-8/h3-4,8,11H,1-2,5-7H2. The summed E-state index contributed by atoms with van der Waals surface area (Å²) in [4.78, 5) is 23.7. The van der Waals surface area contributed by atoms with Crippen molar-refractivity contribution in [3.63, 3.8) is 0 Å². The van der Waals surface area contributed by atoms with Crippen LogP contribution in [-0.4, -0.2) is 35.8 Å². The second-order valence-electron chi connectivity index (χ2n) is 3.74. The predicted octanol–water partition coefficient (Wildman–Crippen LogP) is 0.0535. The van der Waals surface area contributed by atoms with Crippen molar-refractivity contribution in [3.05, 3.63) is 12.2 Å². The zero-order valence-electron chi connectivity index (χ0n) is 8.03. The molecule has 0 aromatic carbocycles. The van der Waals surface area contributed by atoms with Crippen molar-refractivity contribution in [2.24, 2.45) is 0 Å². The summed E-state index contributed by atoms with van der Waals surface area (Å²) < 4.78 is 0. The van der Waals surface area contributed by atoms with E-state index in [4.69, 9.17) is 0 Å². The Morgan fingerprint density at radius 1 is 1.36 bits per heavy atom. The van der Waals surface area contributed by atoms with Gasteiger partial charge < -0.3 is 5.32 Å². The van der Waals surface area contributed by atoms with Crippen LogP contribution in [0.15, 0.2) is 12.2 Å².